The van der Waals surface area contributed by atoms with Gasteiger partial charge >= 0.3 is 12.5 Å². The molecule has 0 heterocycles. The molecule has 0 spiro atoms. The first-order valence-electron chi connectivity index (χ1n) is 4.05. The van der Waals surface area contributed by atoms with E-state index in [0.29, 0.717) is 12.1 Å². The third kappa shape index (κ3) is 3.65. The van der Waals surface area contributed by atoms with Gasteiger partial charge in [0.05, 0.1) is 11.1 Å². The maximum Gasteiger partial charge on any atom is 0.573 e. The van der Waals surface area contributed by atoms with Crippen molar-refractivity contribution in [3.63, 3.8) is 0 Å². The van der Waals surface area contributed by atoms with Crippen LogP contribution in [0.4, 0.5) is 26.3 Å². The molecule has 2 nitrogen and oxygen atoms in total. The van der Waals surface area contributed by atoms with Gasteiger partial charge in [0.1, 0.15) is 5.75 Å². The van der Waals surface area contributed by atoms with Crippen LogP contribution in [-0.4, -0.2) is 12.6 Å². The highest BCUT2D eigenvalue weighted by Gasteiger charge is 2.35. The van der Waals surface area contributed by atoms with E-state index in [2.05, 4.69) is 4.74 Å². The molecule has 17 heavy (non-hydrogen) atoms. The first-order valence-corrected chi connectivity index (χ1v) is 4.05. The number of benzene rings is 1. The zero-order valence-electron chi connectivity index (χ0n) is 7.89. The van der Waals surface area contributed by atoms with Crippen LogP contribution in [0.1, 0.15) is 15.9 Å². The van der Waals surface area contributed by atoms with Gasteiger partial charge in [-0.15, -0.1) is 13.2 Å². The summed E-state index contributed by atoms with van der Waals surface area (Å²) in [6.07, 6.45) is -10.0. The molecule has 0 aliphatic heterocycles. The Bertz CT molecular complexity index is 420. The van der Waals surface area contributed by atoms with Crippen LogP contribution in [-0.2, 0) is 6.18 Å². The summed E-state index contributed by atoms with van der Waals surface area (Å²) < 4.78 is 75.6. The largest absolute Gasteiger partial charge is 0.573 e. The quantitative estimate of drug-likeness (QED) is 0.600. The molecule has 94 valence electrons. The van der Waals surface area contributed by atoms with Crippen LogP contribution in [0.25, 0.3) is 0 Å². The number of ether oxygens (including phenoxy) is 1. The van der Waals surface area contributed by atoms with Crippen molar-refractivity contribution in [2.45, 2.75) is 12.5 Å². The van der Waals surface area contributed by atoms with Gasteiger partial charge in [-0.2, -0.15) is 13.2 Å². The van der Waals surface area contributed by atoms with Crippen molar-refractivity contribution in [1.82, 2.24) is 0 Å². The number of hydrogen-bond acceptors (Lipinski definition) is 2. The summed E-state index contributed by atoms with van der Waals surface area (Å²) in [7, 11) is 0. The SMILES string of the molecule is O=Cc1ccc(C(F)(F)F)cc1OC(F)(F)F. The molecule has 0 atom stereocenters. The highest BCUT2D eigenvalue weighted by Crippen LogP contribution is 2.34. The van der Waals surface area contributed by atoms with Gasteiger partial charge in [0.2, 0.25) is 0 Å². The van der Waals surface area contributed by atoms with Crippen LogP contribution in [0, 0.1) is 0 Å². The van der Waals surface area contributed by atoms with Crippen LogP contribution in [0.15, 0.2) is 18.2 Å². The summed E-state index contributed by atoms with van der Waals surface area (Å²) in [6, 6.07) is 1.22. The molecule has 0 N–H and O–H groups in total. The topological polar surface area (TPSA) is 26.3 Å². The predicted molar refractivity (Wildman–Crippen MR) is 43.5 cm³/mol. The minimum Gasteiger partial charge on any atom is -0.405 e. The molecule has 1 rings (SSSR count). The third-order valence-corrected chi connectivity index (χ3v) is 1.69. The first kappa shape index (κ1) is 13.3. The van der Waals surface area contributed by atoms with E-state index >= 15 is 0 Å². The summed E-state index contributed by atoms with van der Waals surface area (Å²) >= 11 is 0. The first-order chi connectivity index (χ1) is 7.63. The summed E-state index contributed by atoms with van der Waals surface area (Å²) in [5.74, 6) is -1.18. The maximum absolute atomic E-state index is 12.2. The van der Waals surface area contributed by atoms with Crippen molar-refractivity contribution in [2.24, 2.45) is 0 Å². The molecule has 0 fully saturated rings. The lowest BCUT2D eigenvalue weighted by Gasteiger charge is -2.13. The lowest BCUT2D eigenvalue weighted by atomic mass is 10.1. The number of carbonyl (C=O) groups is 1. The number of aldehydes is 1. The fourth-order valence-electron chi connectivity index (χ4n) is 1.02. The Balaban J connectivity index is 3.20. The van der Waals surface area contributed by atoms with Crippen molar-refractivity contribution in [2.75, 3.05) is 0 Å². The number of halogens is 6. The molecular formula is C9H4F6O2. The molecule has 8 heteroatoms. The summed E-state index contributed by atoms with van der Waals surface area (Å²) in [6.45, 7) is 0. The fourth-order valence-corrected chi connectivity index (χ4v) is 1.02. The van der Waals surface area contributed by atoms with Crippen LogP contribution in [0.3, 0.4) is 0 Å². The zero-order chi connectivity index (χ0) is 13.3. The summed E-state index contributed by atoms with van der Waals surface area (Å²) in [4.78, 5) is 10.3. The molecule has 0 aromatic heterocycles. The number of carbonyl (C=O) groups excluding carboxylic acids is 1. The second kappa shape index (κ2) is 4.27. The summed E-state index contributed by atoms with van der Waals surface area (Å²) in [5.41, 5.74) is -1.95. The average Bonchev–Trinajstić information content (AvgIpc) is 2.13. The minimum absolute atomic E-state index is 0.0266. The van der Waals surface area contributed by atoms with E-state index < -0.39 is 29.4 Å². The van der Waals surface area contributed by atoms with Crippen molar-refractivity contribution < 1.29 is 35.9 Å². The van der Waals surface area contributed by atoms with E-state index in [1.807, 2.05) is 0 Å². The van der Waals surface area contributed by atoms with Crippen LogP contribution in [0.2, 0.25) is 0 Å². The average molecular weight is 258 g/mol. The van der Waals surface area contributed by atoms with E-state index in [0.717, 1.165) is 0 Å². The smallest absolute Gasteiger partial charge is 0.405 e. The Kier molecular flexibility index (Phi) is 3.35. The van der Waals surface area contributed by atoms with Crippen molar-refractivity contribution in [1.29, 1.82) is 0 Å². The van der Waals surface area contributed by atoms with E-state index in [1.54, 1.807) is 0 Å². The third-order valence-electron chi connectivity index (χ3n) is 1.69. The minimum atomic E-state index is -5.16. The highest BCUT2D eigenvalue weighted by molar-refractivity contribution is 5.79. The molecule has 0 saturated carbocycles. The Morgan fingerprint density at radius 1 is 1.06 bits per heavy atom. The Labute approximate surface area is 90.8 Å². The van der Waals surface area contributed by atoms with Gasteiger partial charge in [0.25, 0.3) is 0 Å². The Morgan fingerprint density at radius 2 is 1.65 bits per heavy atom. The molecule has 0 saturated heterocycles. The monoisotopic (exact) mass is 258 g/mol. The van der Waals surface area contributed by atoms with Crippen LogP contribution in [0.5, 0.6) is 5.75 Å². The van der Waals surface area contributed by atoms with Gasteiger partial charge in [-0.3, -0.25) is 4.79 Å². The van der Waals surface area contributed by atoms with Crippen molar-refractivity contribution in [3.8, 4) is 5.75 Å². The molecule has 0 aliphatic carbocycles. The number of hydrogen-bond donors (Lipinski definition) is 0. The standard InChI is InChI=1S/C9H4F6O2/c10-8(11,12)6-2-1-5(4-16)7(3-6)17-9(13,14)15/h1-4H. The zero-order valence-corrected chi connectivity index (χ0v) is 7.89. The molecule has 0 radical (unpaired) electrons. The molecular weight excluding hydrogens is 254 g/mol. The fraction of sp³-hybridized carbons (Fsp3) is 0.222. The Morgan fingerprint density at radius 3 is 2.06 bits per heavy atom. The lowest BCUT2D eigenvalue weighted by Crippen LogP contribution is -2.18. The van der Waals surface area contributed by atoms with E-state index in [4.69, 9.17) is 0 Å². The summed E-state index contributed by atoms with van der Waals surface area (Å²) in [5, 5.41) is 0. The van der Waals surface area contributed by atoms with Gasteiger partial charge in [-0.1, -0.05) is 0 Å². The van der Waals surface area contributed by atoms with Crippen molar-refractivity contribution in [3.05, 3.63) is 29.3 Å². The molecule has 0 bridgehead atoms. The van der Waals surface area contributed by atoms with Gasteiger partial charge in [0, 0.05) is 0 Å². The lowest BCUT2D eigenvalue weighted by molar-refractivity contribution is -0.274. The molecule has 1 aromatic carbocycles. The number of rotatable bonds is 2. The van der Waals surface area contributed by atoms with E-state index in [9.17, 15) is 31.1 Å². The molecule has 0 unspecified atom stereocenters. The van der Waals surface area contributed by atoms with E-state index in [1.165, 1.54) is 0 Å². The Hall–Kier alpha value is -1.73. The second-order valence-corrected chi connectivity index (χ2v) is 2.92. The van der Waals surface area contributed by atoms with E-state index in [-0.39, 0.29) is 12.4 Å². The predicted octanol–water partition coefficient (Wildman–Crippen LogP) is 3.42. The van der Waals surface area contributed by atoms with Gasteiger partial charge < -0.3 is 4.74 Å². The number of alkyl halides is 6. The molecule has 0 amide bonds. The molecule has 0 aliphatic rings. The van der Waals surface area contributed by atoms with Gasteiger partial charge in [0.15, 0.2) is 6.29 Å². The van der Waals surface area contributed by atoms with Crippen LogP contribution < -0.4 is 4.74 Å². The molecule has 1 aromatic rings. The normalized spacial score (nSPS) is 12.4. The van der Waals surface area contributed by atoms with Gasteiger partial charge in [-0.25, -0.2) is 0 Å². The van der Waals surface area contributed by atoms with Crippen LogP contribution >= 0.6 is 0 Å². The van der Waals surface area contributed by atoms with Gasteiger partial charge in [-0.05, 0) is 18.2 Å². The highest BCUT2D eigenvalue weighted by atomic mass is 19.4. The maximum atomic E-state index is 12.2. The second-order valence-electron chi connectivity index (χ2n) is 2.92. The van der Waals surface area contributed by atoms with Crippen molar-refractivity contribution >= 4 is 6.29 Å².